The molecule has 0 aliphatic heterocycles. The second kappa shape index (κ2) is 6.57. The number of pyridine rings is 1. The van der Waals surface area contributed by atoms with E-state index in [1.807, 2.05) is 49.2 Å². The minimum atomic E-state index is 0.0706. The molecule has 0 bridgehead atoms. The van der Waals surface area contributed by atoms with Crippen LogP contribution < -0.4 is 5.32 Å². The van der Waals surface area contributed by atoms with Crippen LogP contribution in [-0.2, 0) is 0 Å². The second-order valence-electron chi connectivity index (χ2n) is 5.56. The molecule has 0 fully saturated rings. The van der Waals surface area contributed by atoms with Gasteiger partial charge in [-0.1, -0.05) is 32.0 Å². The molecule has 0 aliphatic carbocycles. The van der Waals surface area contributed by atoms with E-state index in [0.717, 1.165) is 23.3 Å². The third-order valence-electron chi connectivity index (χ3n) is 3.46. The lowest BCUT2D eigenvalue weighted by Gasteiger charge is -2.23. The summed E-state index contributed by atoms with van der Waals surface area (Å²) in [6.45, 7) is 7.74. The normalized spacial score (nSPS) is 10.9. The van der Waals surface area contributed by atoms with Crippen LogP contribution in [0.25, 0.3) is 10.9 Å². The molecule has 0 saturated carbocycles. The number of anilines is 1. The van der Waals surface area contributed by atoms with Gasteiger partial charge in [-0.15, -0.1) is 0 Å². The fourth-order valence-electron chi connectivity index (χ4n) is 2.45. The Kier molecular flexibility index (Phi) is 4.78. The number of fused-ring (bicyclic) bond motifs is 1. The van der Waals surface area contributed by atoms with Crippen molar-refractivity contribution < 1.29 is 4.79 Å². The lowest BCUT2D eigenvalue weighted by molar-refractivity contribution is 0.0748. The number of nitrogens with zero attached hydrogens (tertiary/aromatic N) is 2. The van der Waals surface area contributed by atoms with E-state index in [9.17, 15) is 4.79 Å². The summed E-state index contributed by atoms with van der Waals surface area (Å²) in [4.78, 5) is 19.3. The Balaban J connectivity index is 2.50. The molecule has 2 aromatic rings. The summed E-state index contributed by atoms with van der Waals surface area (Å²) in [5.74, 6) is 1.24. The Morgan fingerprint density at radius 3 is 2.67 bits per heavy atom. The molecule has 4 heteroatoms. The van der Waals surface area contributed by atoms with Crippen molar-refractivity contribution in [1.29, 1.82) is 0 Å². The molecule has 112 valence electrons. The van der Waals surface area contributed by atoms with E-state index in [2.05, 4.69) is 24.1 Å². The van der Waals surface area contributed by atoms with Gasteiger partial charge in [0.05, 0.1) is 11.1 Å². The Morgan fingerprint density at radius 1 is 1.33 bits per heavy atom. The summed E-state index contributed by atoms with van der Waals surface area (Å²) in [7, 11) is 1.82. The number of para-hydroxylation sites is 1. The van der Waals surface area contributed by atoms with E-state index in [4.69, 9.17) is 0 Å². The van der Waals surface area contributed by atoms with Crippen LogP contribution in [-0.4, -0.2) is 35.9 Å². The molecule has 0 aliphatic rings. The first-order chi connectivity index (χ1) is 10.1. The van der Waals surface area contributed by atoms with Crippen molar-refractivity contribution in [3.63, 3.8) is 0 Å². The molecule has 0 radical (unpaired) electrons. The number of nitrogens with one attached hydrogen (secondary N) is 1. The average molecular weight is 285 g/mol. The molecule has 21 heavy (non-hydrogen) atoms. The van der Waals surface area contributed by atoms with Gasteiger partial charge in [0.1, 0.15) is 5.82 Å². The molecule has 1 aromatic heterocycles. The lowest BCUT2D eigenvalue weighted by Crippen LogP contribution is -2.34. The molecular weight excluding hydrogens is 262 g/mol. The number of hydrogen-bond acceptors (Lipinski definition) is 3. The van der Waals surface area contributed by atoms with Crippen molar-refractivity contribution >= 4 is 22.6 Å². The third-order valence-corrected chi connectivity index (χ3v) is 3.46. The van der Waals surface area contributed by atoms with E-state index in [1.54, 1.807) is 0 Å². The highest BCUT2D eigenvalue weighted by Crippen LogP contribution is 2.22. The molecule has 0 unspecified atom stereocenters. The largest absolute Gasteiger partial charge is 0.373 e. The molecule has 1 heterocycles. The van der Waals surface area contributed by atoms with Gasteiger partial charge in [0.25, 0.3) is 5.91 Å². The van der Waals surface area contributed by atoms with Crippen LogP contribution in [0.15, 0.2) is 30.3 Å². The molecule has 0 spiro atoms. The lowest BCUT2D eigenvalue weighted by atomic mass is 10.1. The summed E-state index contributed by atoms with van der Waals surface area (Å²) >= 11 is 0. The second-order valence-corrected chi connectivity index (χ2v) is 5.56. The first-order valence-electron chi connectivity index (χ1n) is 7.43. The number of aromatic nitrogens is 1. The van der Waals surface area contributed by atoms with Crippen molar-refractivity contribution in [1.82, 2.24) is 9.88 Å². The predicted octanol–water partition coefficient (Wildman–Crippen LogP) is 3.39. The minimum absolute atomic E-state index is 0.0706. The molecule has 1 amide bonds. The van der Waals surface area contributed by atoms with Gasteiger partial charge in [-0.3, -0.25) is 4.79 Å². The Morgan fingerprint density at radius 2 is 2.05 bits per heavy atom. The summed E-state index contributed by atoms with van der Waals surface area (Å²) in [6, 6.07) is 9.62. The van der Waals surface area contributed by atoms with Crippen LogP contribution in [0.5, 0.6) is 0 Å². The fourth-order valence-corrected chi connectivity index (χ4v) is 2.45. The van der Waals surface area contributed by atoms with Gasteiger partial charge in [0.2, 0.25) is 0 Å². The van der Waals surface area contributed by atoms with E-state index >= 15 is 0 Å². The van der Waals surface area contributed by atoms with Crippen molar-refractivity contribution in [3.8, 4) is 0 Å². The highest BCUT2D eigenvalue weighted by molar-refractivity contribution is 6.06. The minimum Gasteiger partial charge on any atom is -0.373 e. The first kappa shape index (κ1) is 15.3. The van der Waals surface area contributed by atoms with Crippen molar-refractivity contribution in [3.05, 3.63) is 35.9 Å². The number of benzene rings is 1. The Bertz CT molecular complexity index is 637. The highest BCUT2D eigenvalue weighted by atomic mass is 16.2. The standard InChI is InChI=1S/C17H23N3O/c1-5-20(11-12(2)3)17(21)14-10-16(18-4)19-15-9-7-6-8-13(14)15/h6-10,12H,5,11H2,1-4H3,(H,18,19). The van der Waals surface area contributed by atoms with Crippen LogP contribution in [0.2, 0.25) is 0 Å². The van der Waals surface area contributed by atoms with Gasteiger partial charge in [-0.25, -0.2) is 4.98 Å². The third kappa shape index (κ3) is 3.32. The van der Waals surface area contributed by atoms with Crippen LogP contribution in [0.4, 0.5) is 5.82 Å². The maximum absolute atomic E-state index is 12.9. The predicted molar refractivity (Wildman–Crippen MR) is 87.7 cm³/mol. The summed E-state index contributed by atoms with van der Waals surface area (Å²) < 4.78 is 0. The molecule has 1 aromatic carbocycles. The van der Waals surface area contributed by atoms with E-state index in [0.29, 0.717) is 18.0 Å². The fraction of sp³-hybridized carbons (Fsp3) is 0.412. The van der Waals surface area contributed by atoms with Crippen LogP contribution in [0, 0.1) is 5.92 Å². The molecule has 4 nitrogen and oxygen atoms in total. The first-order valence-corrected chi connectivity index (χ1v) is 7.43. The van der Waals surface area contributed by atoms with Crippen molar-refractivity contribution in [2.24, 2.45) is 5.92 Å². The molecule has 0 saturated heterocycles. The summed E-state index contributed by atoms with van der Waals surface area (Å²) in [6.07, 6.45) is 0. The van der Waals surface area contributed by atoms with Crippen LogP contribution in [0.3, 0.4) is 0 Å². The van der Waals surface area contributed by atoms with E-state index < -0.39 is 0 Å². The van der Waals surface area contributed by atoms with Gasteiger partial charge >= 0.3 is 0 Å². The smallest absolute Gasteiger partial charge is 0.254 e. The Hall–Kier alpha value is -2.10. The van der Waals surface area contributed by atoms with Gasteiger partial charge in [0, 0.05) is 25.5 Å². The van der Waals surface area contributed by atoms with E-state index in [-0.39, 0.29) is 5.91 Å². The molecular formula is C17H23N3O. The van der Waals surface area contributed by atoms with E-state index in [1.165, 1.54) is 0 Å². The van der Waals surface area contributed by atoms with Gasteiger partial charge in [-0.05, 0) is 25.0 Å². The zero-order valence-corrected chi connectivity index (χ0v) is 13.2. The summed E-state index contributed by atoms with van der Waals surface area (Å²) in [5, 5.41) is 3.94. The highest BCUT2D eigenvalue weighted by Gasteiger charge is 2.19. The SMILES string of the molecule is CCN(CC(C)C)C(=O)c1cc(NC)nc2ccccc12. The number of amides is 1. The van der Waals surface area contributed by atoms with Crippen LogP contribution in [0.1, 0.15) is 31.1 Å². The van der Waals surface area contributed by atoms with Crippen molar-refractivity contribution in [2.45, 2.75) is 20.8 Å². The molecule has 0 atom stereocenters. The van der Waals surface area contributed by atoms with Gasteiger partial charge in [-0.2, -0.15) is 0 Å². The van der Waals surface area contributed by atoms with Crippen LogP contribution >= 0.6 is 0 Å². The maximum atomic E-state index is 12.9. The Labute approximate surface area is 126 Å². The maximum Gasteiger partial charge on any atom is 0.254 e. The quantitative estimate of drug-likeness (QED) is 0.916. The topological polar surface area (TPSA) is 45.2 Å². The summed E-state index contributed by atoms with van der Waals surface area (Å²) in [5.41, 5.74) is 1.56. The zero-order chi connectivity index (χ0) is 15.4. The average Bonchev–Trinajstić information content (AvgIpc) is 2.50. The number of carbonyl (C=O) groups is 1. The number of carbonyl (C=O) groups excluding carboxylic acids is 1. The monoisotopic (exact) mass is 285 g/mol. The van der Waals surface area contributed by atoms with Gasteiger partial charge in [0.15, 0.2) is 0 Å². The number of hydrogen-bond donors (Lipinski definition) is 1. The van der Waals surface area contributed by atoms with Crippen molar-refractivity contribution in [2.75, 3.05) is 25.5 Å². The molecule has 1 N–H and O–H groups in total. The van der Waals surface area contributed by atoms with Gasteiger partial charge < -0.3 is 10.2 Å². The zero-order valence-electron chi connectivity index (χ0n) is 13.2. The molecule has 2 rings (SSSR count). The number of rotatable bonds is 5.